The minimum atomic E-state index is -0.802. The maximum absolute atomic E-state index is 14.0. The lowest BCUT2D eigenvalue weighted by atomic mass is 10.1. The zero-order chi connectivity index (χ0) is 26.4. The van der Waals surface area contributed by atoms with Gasteiger partial charge in [-0.05, 0) is 42.3 Å². The molecule has 0 amide bonds. The van der Waals surface area contributed by atoms with Gasteiger partial charge in [-0.25, -0.2) is 23.5 Å². The van der Waals surface area contributed by atoms with E-state index in [0.29, 0.717) is 27.4 Å². The number of anilines is 2. The first-order chi connectivity index (χ1) is 17.6. The van der Waals surface area contributed by atoms with Gasteiger partial charge in [-0.2, -0.15) is 15.2 Å². The van der Waals surface area contributed by atoms with Crippen molar-refractivity contribution in [3.05, 3.63) is 90.6 Å². The normalized spacial score (nSPS) is 11.4. The van der Waals surface area contributed by atoms with Crippen LogP contribution < -0.4 is 16.7 Å². The second-order valence-corrected chi connectivity index (χ2v) is 9.33. The fourth-order valence-electron chi connectivity index (χ4n) is 3.91. The quantitative estimate of drug-likeness (QED) is 0.349. The summed E-state index contributed by atoms with van der Waals surface area (Å²) in [7, 11) is 3.46. The molecule has 1 N–H and O–H groups in total. The number of nitrogens with zero attached hydrogens (tertiary/aromatic N) is 8. The molecule has 11 nitrogen and oxygen atoms in total. The lowest BCUT2D eigenvalue weighted by molar-refractivity contribution is 0.572. The average molecular weight is 544 g/mol. The molecule has 0 atom stereocenters. The highest BCUT2D eigenvalue weighted by atomic mass is 35.5. The van der Waals surface area contributed by atoms with Crippen LogP contribution in [0.15, 0.2) is 46.4 Å². The van der Waals surface area contributed by atoms with Crippen molar-refractivity contribution in [3.63, 3.8) is 0 Å². The van der Waals surface area contributed by atoms with Crippen molar-refractivity contribution >= 4 is 45.7 Å². The third-order valence-electron chi connectivity index (χ3n) is 5.76. The molecule has 0 saturated heterocycles. The fraction of sp³-hybridized carbons (Fsp3) is 0.217. The largest absolute Gasteiger partial charge is 0.355 e. The third-order valence-corrected chi connectivity index (χ3v) is 6.36. The number of hydrogen-bond donors (Lipinski definition) is 1. The molecule has 3 aromatic heterocycles. The molecule has 0 unspecified atom stereocenters. The van der Waals surface area contributed by atoms with Gasteiger partial charge in [0.15, 0.2) is 5.82 Å². The number of fused-ring (bicyclic) bond motifs is 1. The van der Waals surface area contributed by atoms with Gasteiger partial charge in [0.1, 0.15) is 12.1 Å². The molecule has 5 aromatic rings. The van der Waals surface area contributed by atoms with Gasteiger partial charge in [0.25, 0.3) is 0 Å². The topological polar surface area (TPSA) is 117 Å². The smallest absolute Gasteiger partial charge is 0.324 e. The van der Waals surface area contributed by atoms with Gasteiger partial charge in [0, 0.05) is 25.7 Å². The SMILES string of the molecule is Cc1cc(F)c(Cl)cc1Cn1c(Nc2cc3cn(C)nc3cc2Cl)nc(=O)n(Cc2ncn(C)n2)c1=O. The Morgan fingerprint density at radius 2 is 1.76 bits per heavy atom. The van der Waals surface area contributed by atoms with Crippen molar-refractivity contribution < 1.29 is 4.39 Å². The van der Waals surface area contributed by atoms with Crippen molar-refractivity contribution in [2.45, 2.75) is 20.0 Å². The van der Waals surface area contributed by atoms with Crippen LogP contribution in [0.1, 0.15) is 17.0 Å². The fourth-order valence-corrected chi connectivity index (χ4v) is 4.31. The molecule has 37 heavy (non-hydrogen) atoms. The number of aromatic nitrogens is 8. The van der Waals surface area contributed by atoms with Gasteiger partial charge in [-0.1, -0.05) is 23.2 Å². The monoisotopic (exact) mass is 543 g/mol. The summed E-state index contributed by atoms with van der Waals surface area (Å²) in [4.78, 5) is 34.8. The molecule has 3 heterocycles. The Morgan fingerprint density at radius 3 is 2.49 bits per heavy atom. The summed E-state index contributed by atoms with van der Waals surface area (Å²) in [6.07, 6.45) is 3.27. The molecule has 0 aliphatic rings. The van der Waals surface area contributed by atoms with Crippen molar-refractivity contribution in [1.29, 1.82) is 0 Å². The lowest BCUT2D eigenvalue weighted by Gasteiger charge is -2.17. The van der Waals surface area contributed by atoms with Crippen LogP contribution in [-0.4, -0.2) is 38.7 Å². The summed E-state index contributed by atoms with van der Waals surface area (Å²) in [6.45, 7) is 1.46. The highest BCUT2D eigenvalue weighted by Gasteiger charge is 2.18. The summed E-state index contributed by atoms with van der Waals surface area (Å²) >= 11 is 12.5. The highest BCUT2D eigenvalue weighted by Crippen LogP contribution is 2.29. The Morgan fingerprint density at radius 1 is 0.973 bits per heavy atom. The van der Waals surface area contributed by atoms with Crippen LogP contribution in [0.2, 0.25) is 10.0 Å². The van der Waals surface area contributed by atoms with Gasteiger partial charge in [0.2, 0.25) is 5.95 Å². The second-order valence-electron chi connectivity index (χ2n) is 8.52. The Labute approximate surface area is 218 Å². The van der Waals surface area contributed by atoms with E-state index in [1.807, 2.05) is 0 Å². The van der Waals surface area contributed by atoms with E-state index in [2.05, 4.69) is 25.5 Å². The van der Waals surface area contributed by atoms with Crippen LogP contribution in [-0.2, 0) is 27.2 Å². The molecule has 0 fully saturated rings. The minimum absolute atomic E-state index is 0.0507. The molecular formula is C23H20Cl2FN9O2. The first-order valence-corrected chi connectivity index (χ1v) is 11.8. The number of hydrogen-bond acceptors (Lipinski definition) is 7. The predicted octanol–water partition coefficient (Wildman–Crippen LogP) is 3.01. The van der Waals surface area contributed by atoms with E-state index in [0.717, 1.165) is 9.95 Å². The molecule has 0 saturated carbocycles. The van der Waals surface area contributed by atoms with Gasteiger partial charge in [0.05, 0.1) is 34.3 Å². The lowest BCUT2D eigenvalue weighted by Crippen LogP contribution is -2.43. The molecule has 0 aliphatic carbocycles. The Balaban J connectivity index is 1.64. The first-order valence-electron chi connectivity index (χ1n) is 11.0. The average Bonchev–Trinajstić information content (AvgIpc) is 3.40. The zero-order valence-corrected chi connectivity index (χ0v) is 21.4. The summed E-state index contributed by atoms with van der Waals surface area (Å²) in [5.74, 6) is -0.360. The van der Waals surface area contributed by atoms with Crippen LogP contribution >= 0.6 is 23.2 Å². The number of halogens is 3. The molecule has 0 bridgehead atoms. The Kier molecular flexibility index (Phi) is 6.30. The molecule has 190 valence electrons. The standard InChI is InChI=1S/C23H20Cl2FN9O2/c1-12-4-17(26)15(24)5-13(12)9-34-21(28-19-6-14-8-32(2)30-18(14)7-16(19)25)29-22(36)35(23(34)37)10-20-27-11-33(3)31-20/h4-8,11H,9-10H2,1-3H3,(H,28,29,36). The molecular weight excluding hydrogens is 524 g/mol. The van der Waals surface area contributed by atoms with E-state index in [4.69, 9.17) is 23.2 Å². The predicted molar refractivity (Wildman–Crippen MR) is 137 cm³/mol. The van der Waals surface area contributed by atoms with Crippen LogP contribution in [0.4, 0.5) is 16.0 Å². The van der Waals surface area contributed by atoms with Gasteiger partial charge in [-0.15, -0.1) is 0 Å². The zero-order valence-electron chi connectivity index (χ0n) is 19.9. The maximum atomic E-state index is 14.0. The van der Waals surface area contributed by atoms with Crippen LogP contribution in [0.5, 0.6) is 0 Å². The van der Waals surface area contributed by atoms with E-state index in [-0.39, 0.29) is 29.9 Å². The van der Waals surface area contributed by atoms with E-state index in [9.17, 15) is 14.0 Å². The van der Waals surface area contributed by atoms with Gasteiger partial charge < -0.3 is 5.32 Å². The van der Waals surface area contributed by atoms with Crippen molar-refractivity contribution in [2.75, 3.05) is 5.32 Å². The van der Waals surface area contributed by atoms with Crippen molar-refractivity contribution in [1.82, 2.24) is 38.7 Å². The summed E-state index contributed by atoms with van der Waals surface area (Å²) < 4.78 is 19.3. The van der Waals surface area contributed by atoms with Gasteiger partial charge >= 0.3 is 11.4 Å². The summed E-state index contributed by atoms with van der Waals surface area (Å²) in [6, 6.07) is 6.13. The number of benzene rings is 2. The number of aryl methyl sites for hydroxylation is 3. The van der Waals surface area contributed by atoms with Crippen LogP contribution in [0, 0.1) is 12.7 Å². The van der Waals surface area contributed by atoms with E-state index in [1.165, 1.54) is 27.7 Å². The highest BCUT2D eigenvalue weighted by molar-refractivity contribution is 6.34. The molecule has 5 rings (SSSR count). The van der Waals surface area contributed by atoms with Crippen molar-refractivity contribution in [2.24, 2.45) is 14.1 Å². The second kappa shape index (κ2) is 9.45. The molecule has 0 radical (unpaired) electrons. The van der Waals surface area contributed by atoms with Crippen LogP contribution in [0.3, 0.4) is 0 Å². The first kappa shape index (κ1) is 24.7. The molecule has 0 aliphatic heterocycles. The maximum Gasteiger partial charge on any atom is 0.355 e. The summed E-state index contributed by atoms with van der Waals surface area (Å²) in [5.41, 5.74) is 0.752. The van der Waals surface area contributed by atoms with E-state index >= 15 is 0 Å². The Bertz CT molecular complexity index is 1790. The number of rotatable bonds is 6. The molecule has 0 spiro atoms. The van der Waals surface area contributed by atoms with Gasteiger partial charge in [-0.3, -0.25) is 13.9 Å². The minimum Gasteiger partial charge on any atom is -0.324 e. The molecule has 2 aromatic carbocycles. The van der Waals surface area contributed by atoms with Crippen LogP contribution in [0.25, 0.3) is 10.9 Å². The van der Waals surface area contributed by atoms with E-state index < -0.39 is 17.2 Å². The molecule has 14 heteroatoms. The third kappa shape index (κ3) is 4.85. The Hall–Kier alpha value is -4.03. The van der Waals surface area contributed by atoms with E-state index in [1.54, 1.807) is 44.0 Å². The summed E-state index contributed by atoms with van der Waals surface area (Å²) in [5, 5.41) is 12.5. The van der Waals surface area contributed by atoms with Crippen molar-refractivity contribution in [3.8, 4) is 0 Å². The number of nitrogens with one attached hydrogen (secondary N) is 1.